The molecule has 0 saturated carbocycles. The molecule has 2 heteroatoms. The van der Waals surface area contributed by atoms with Crippen LogP contribution in [0, 0.1) is 17.8 Å². The zero-order valence-electron chi connectivity index (χ0n) is 6.19. The van der Waals surface area contributed by atoms with Gasteiger partial charge in [-0.15, -0.1) is 0 Å². The van der Waals surface area contributed by atoms with Crippen LogP contribution in [0.2, 0.25) is 0 Å². The number of hydrogen-bond donors (Lipinski definition) is 2. The first kappa shape index (κ1) is 7.59. The molecule has 0 radical (unpaired) electrons. The van der Waals surface area contributed by atoms with Crippen LogP contribution in [0.1, 0.15) is 12.8 Å². The highest BCUT2D eigenvalue weighted by molar-refractivity contribution is 5.05. The third-order valence-electron chi connectivity index (χ3n) is 1.71. The van der Waals surface area contributed by atoms with Crippen LogP contribution in [-0.4, -0.2) is 19.6 Å². The Kier molecular flexibility index (Phi) is 3.28. The van der Waals surface area contributed by atoms with Gasteiger partial charge < -0.3 is 11.1 Å². The molecule has 1 saturated heterocycles. The molecule has 1 atom stereocenters. The minimum absolute atomic E-state index is 0.497. The van der Waals surface area contributed by atoms with Crippen LogP contribution in [0.3, 0.4) is 0 Å². The van der Waals surface area contributed by atoms with Crippen molar-refractivity contribution in [1.82, 2.24) is 5.32 Å². The summed E-state index contributed by atoms with van der Waals surface area (Å²) in [5.41, 5.74) is 5.25. The van der Waals surface area contributed by atoms with Crippen LogP contribution >= 0.6 is 0 Å². The minimum atomic E-state index is 0.497. The van der Waals surface area contributed by atoms with Gasteiger partial charge >= 0.3 is 0 Å². The highest BCUT2D eigenvalue weighted by Crippen LogP contribution is 2.07. The zero-order valence-corrected chi connectivity index (χ0v) is 6.19. The first-order valence-electron chi connectivity index (χ1n) is 3.82. The topological polar surface area (TPSA) is 38.0 Å². The molecule has 1 rings (SSSR count). The van der Waals surface area contributed by atoms with Gasteiger partial charge in [-0.1, -0.05) is 11.8 Å². The molecule has 0 amide bonds. The summed E-state index contributed by atoms with van der Waals surface area (Å²) in [5.74, 6) is 6.59. The minimum Gasteiger partial charge on any atom is -0.320 e. The average Bonchev–Trinajstić information content (AvgIpc) is 2.03. The third-order valence-corrected chi connectivity index (χ3v) is 1.71. The van der Waals surface area contributed by atoms with Gasteiger partial charge in [0.15, 0.2) is 0 Å². The molecule has 2 nitrogen and oxygen atoms in total. The normalized spacial score (nSPS) is 25.1. The standard InChI is InChI=1S/C8H14N2/c9-5-1-3-8-4-2-6-10-7-8/h8,10H,2,4-7,9H2. The lowest BCUT2D eigenvalue weighted by Crippen LogP contribution is -2.28. The molecule has 1 fully saturated rings. The second-order valence-electron chi connectivity index (χ2n) is 2.57. The monoisotopic (exact) mass is 138 g/mol. The summed E-state index contributed by atoms with van der Waals surface area (Å²) in [7, 11) is 0. The summed E-state index contributed by atoms with van der Waals surface area (Å²) in [5, 5.41) is 3.30. The zero-order chi connectivity index (χ0) is 7.23. The first-order chi connectivity index (χ1) is 4.93. The first-order valence-corrected chi connectivity index (χ1v) is 3.82. The molecule has 56 valence electrons. The van der Waals surface area contributed by atoms with Crippen molar-refractivity contribution >= 4 is 0 Å². The molecular formula is C8H14N2. The lowest BCUT2D eigenvalue weighted by atomic mass is 10.0. The summed E-state index contributed by atoms with van der Waals surface area (Å²) in [6.07, 6.45) is 2.49. The van der Waals surface area contributed by atoms with Crippen molar-refractivity contribution < 1.29 is 0 Å². The van der Waals surface area contributed by atoms with Gasteiger partial charge in [-0.25, -0.2) is 0 Å². The van der Waals surface area contributed by atoms with Crippen molar-refractivity contribution in [3.8, 4) is 11.8 Å². The fourth-order valence-electron chi connectivity index (χ4n) is 1.18. The van der Waals surface area contributed by atoms with E-state index in [2.05, 4.69) is 17.2 Å². The van der Waals surface area contributed by atoms with Crippen molar-refractivity contribution in [1.29, 1.82) is 0 Å². The van der Waals surface area contributed by atoms with Crippen LogP contribution in [0.5, 0.6) is 0 Å². The van der Waals surface area contributed by atoms with Crippen LogP contribution in [-0.2, 0) is 0 Å². The van der Waals surface area contributed by atoms with E-state index in [1.807, 2.05) is 0 Å². The number of nitrogens with one attached hydrogen (secondary N) is 1. The maximum atomic E-state index is 5.25. The highest BCUT2D eigenvalue weighted by Gasteiger charge is 2.08. The van der Waals surface area contributed by atoms with Crippen LogP contribution in [0.25, 0.3) is 0 Å². The highest BCUT2D eigenvalue weighted by atomic mass is 14.9. The second kappa shape index (κ2) is 4.32. The predicted molar refractivity (Wildman–Crippen MR) is 42.4 cm³/mol. The molecule has 0 spiro atoms. The van der Waals surface area contributed by atoms with Gasteiger partial charge in [0, 0.05) is 12.5 Å². The lowest BCUT2D eigenvalue weighted by molar-refractivity contribution is 0.449. The molecule has 0 aromatic rings. The molecule has 0 bridgehead atoms. The number of nitrogens with two attached hydrogens (primary N) is 1. The number of rotatable bonds is 0. The number of piperidine rings is 1. The Bertz CT molecular complexity index is 137. The molecule has 0 aliphatic carbocycles. The van der Waals surface area contributed by atoms with Gasteiger partial charge in [0.25, 0.3) is 0 Å². The van der Waals surface area contributed by atoms with Crippen molar-refractivity contribution in [2.45, 2.75) is 12.8 Å². The Morgan fingerprint density at radius 2 is 2.50 bits per heavy atom. The van der Waals surface area contributed by atoms with E-state index < -0.39 is 0 Å². The van der Waals surface area contributed by atoms with Crippen LogP contribution in [0.15, 0.2) is 0 Å². The summed E-state index contributed by atoms with van der Waals surface area (Å²) in [4.78, 5) is 0. The lowest BCUT2D eigenvalue weighted by Gasteiger charge is -2.17. The van der Waals surface area contributed by atoms with Gasteiger partial charge in [0.05, 0.1) is 6.54 Å². The molecule has 0 aromatic carbocycles. The van der Waals surface area contributed by atoms with Crippen molar-refractivity contribution in [2.24, 2.45) is 11.7 Å². The quantitative estimate of drug-likeness (QED) is 0.460. The van der Waals surface area contributed by atoms with Crippen LogP contribution < -0.4 is 11.1 Å². The van der Waals surface area contributed by atoms with E-state index in [0.717, 1.165) is 13.1 Å². The van der Waals surface area contributed by atoms with E-state index in [9.17, 15) is 0 Å². The van der Waals surface area contributed by atoms with E-state index in [-0.39, 0.29) is 0 Å². The fourth-order valence-corrected chi connectivity index (χ4v) is 1.18. The molecular weight excluding hydrogens is 124 g/mol. The fraction of sp³-hybridized carbons (Fsp3) is 0.750. The average molecular weight is 138 g/mol. The molecule has 3 N–H and O–H groups in total. The maximum absolute atomic E-state index is 5.25. The Morgan fingerprint density at radius 3 is 3.10 bits per heavy atom. The van der Waals surface area contributed by atoms with Crippen LogP contribution in [0.4, 0.5) is 0 Å². The van der Waals surface area contributed by atoms with E-state index in [1.54, 1.807) is 0 Å². The Balaban J connectivity index is 2.25. The molecule has 1 aliphatic heterocycles. The van der Waals surface area contributed by atoms with Crippen molar-refractivity contribution in [3.05, 3.63) is 0 Å². The molecule has 0 aromatic heterocycles. The Hall–Kier alpha value is -0.520. The largest absolute Gasteiger partial charge is 0.320 e. The molecule has 1 unspecified atom stereocenters. The molecule has 1 heterocycles. The van der Waals surface area contributed by atoms with E-state index in [4.69, 9.17) is 5.73 Å². The summed E-state index contributed by atoms with van der Waals surface area (Å²) in [6.45, 7) is 2.70. The third kappa shape index (κ3) is 2.38. The van der Waals surface area contributed by atoms with Crippen molar-refractivity contribution in [2.75, 3.05) is 19.6 Å². The summed E-state index contributed by atoms with van der Waals surface area (Å²) >= 11 is 0. The van der Waals surface area contributed by atoms with Gasteiger partial charge in [-0.2, -0.15) is 0 Å². The van der Waals surface area contributed by atoms with Gasteiger partial charge in [-0.05, 0) is 19.4 Å². The maximum Gasteiger partial charge on any atom is 0.0551 e. The molecule has 1 aliphatic rings. The Labute approximate surface area is 62.2 Å². The summed E-state index contributed by atoms with van der Waals surface area (Å²) in [6, 6.07) is 0. The predicted octanol–water partition coefficient (Wildman–Crippen LogP) is -0.0519. The van der Waals surface area contributed by atoms with Crippen molar-refractivity contribution in [3.63, 3.8) is 0 Å². The van der Waals surface area contributed by atoms with Gasteiger partial charge in [-0.3, -0.25) is 0 Å². The SMILES string of the molecule is NCC#CC1CCCNC1. The smallest absolute Gasteiger partial charge is 0.0551 e. The summed E-state index contributed by atoms with van der Waals surface area (Å²) < 4.78 is 0. The van der Waals surface area contributed by atoms with E-state index in [0.29, 0.717) is 12.5 Å². The Morgan fingerprint density at radius 1 is 1.60 bits per heavy atom. The van der Waals surface area contributed by atoms with E-state index in [1.165, 1.54) is 12.8 Å². The van der Waals surface area contributed by atoms with E-state index >= 15 is 0 Å². The van der Waals surface area contributed by atoms with Gasteiger partial charge in [0.1, 0.15) is 0 Å². The molecule has 10 heavy (non-hydrogen) atoms. The second-order valence-corrected chi connectivity index (χ2v) is 2.57. The van der Waals surface area contributed by atoms with Gasteiger partial charge in [0.2, 0.25) is 0 Å². The number of hydrogen-bond acceptors (Lipinski definition) is 2.